The highest BCUT2D eigenvalue weighted by molar-refractivity contribution is 6.16. The second kappa shape index (κ2) is 6.36. The van der Waals surface area contributed by atoms with E-state index in [9.17, 15) is 0 Å². The van der Waals surface area contributed by atoms with Gasteiger partial charge in [0, 0.05) is 19.8 Å². The van der Waals surface area contributed by atoms with Crippen LogP contribution in [0.3, 0.4) is 0 Å². The number of rotatable bonds is 8. The molecule has 0 amide bonds. The van der Waals surface area contributed by atoms with Gasteiger partial charge in [0.15, 0.2) is 0 Å². The number of ether oxygens (including phenoxy) is 1. The highest BCUT2D eigenvalue weighted by Gasteiger charge is 2.25. The highest BCUT2D eigenvalue weighted by atomic mass is 35.5. The van der Waals surface area contributed by atoms with Crippen molar-refractivity contribution in [2.45, 2.75) is 45.0 Å². The van der Waals surface area contributed by atoms with Gasteiger partial charge in [-0.2, -0.15) is 0 Å². The van der Waals surface area contributed by atoms with Crippen LogP contribution in [0.2, 0.25) is 0 Å². The quantitative estimate of drug-likeness (QED) is 0.530. The SMILES string of the molecule is CCOCCCn1nnc(CCl)c1CC1CC1. The van der Waals surface area contributed by atoms with E-state index in [0.29, 0.717) is 5.88 Å². The molecule has 17 heavy (non-hydrogen) atoms. The molecule has 5 heteroatoms. The minimum atomic E-state index is 0.466. The van der Waals surface area contributed by atoms with Gasteiger partial charge in [-0.25, -0.2) is 4.68 Å². The van der Waals surface area contributed by atoms with Gasteiger partial charge in [-0.15, -0.1) is 16.7 Å². The molecule has 0 spiro atoms. The number of aromatic nitrogens is 3. The summed E-state index contributed by atoms with van der Waals surface area (Å²) in [6.45, 7) is 4.46. The molecule has 0 aliphatic heterocycles. The number of hydrogen-bond donors (Lipinski definition) is 0. The molecule has 0 atom stereocenters. The summed E-state index contributed by atoms with van der Waals surface area (Å²) in [6, 6.07) is 0. The maximum absolute atomic E-state index is 5.89. The topological polar surface area (TPSA) is 39.9 Å². The zero-order chi connectivity index (χ0) is 12.1. The lowest BCUT2D eigenvalue weighted by Crippen LogP contribution is -2.09. The molecule has 4 nitrogen and oxygen atoms in total. The van der Waals surface area contributed by atoms with Crippen LogP contribution in [-0.4, -0.2) is 28.2 Å². The lowest BCUT2D eigenvalue weighted by atomic mass is 10.2. The monoisotopic (exact) mass is 257 g/mol. The Morgan fingerprint density at radius 1 is 1.47 bits per heavy atom. The van der Waals surface area contributed by atoms with Crippen molar-refractivity contribution < 1.29 is 4.74 Å². The molecule has 2 rings (SSSR count). The molecule has 0 bridgehead atoms. The third-order valence-corrected chi connectivity index (χ3v) is 3.34. The fourth-order valence-corrected chi connectivity index (χ4v) is 2.14. The fraction of sp³-hybridized carbons (Fsp3) is 0.833. The average molecular weight is 258 g/mol. The summed E-state index contributed by atoms with van der Waals surface area (Å²) in [5.41, 5.74) is 2.19. The summed E-state index contributed by atoms with van der Waals surface area (Å²) in [7, 11) is 0. The molecule has 0 unspecified atom stereocenters. The Hall–Kier alpha value is -0.610. The van der Waals surface area contributed by atoms with E-state index < -0.39 is 0 Å². The Bertz CT molecular complexity index is 350. The second-order valence-electron chi connectivity index (χ2n) is 4.54. The predicted molar refractivity (Wildman–Crippen MR) is 67.1 cm³/mol. The van der Waals surface area contributed by atoms with E-state index in [2.05, 4.69) is 10.3 Å². The zero-order valence-electron chi connectivity index (χ0n) is 10.4. The van der Waals surface area contributed by atoms with Gasteiger partial charge in [-0.1, -0.05) is 5.21 Å². The van der Waals surface area contributed by atoms with Crippen LogP contribution in [-0.2, 0) is 23.6 Å². The van der Waals surface area contributed by atoms with Crippen molar-refractivity contribution in [1.82, 2.24) is 15.0 Å². The average Bonchev–Trinajstić information content (AvgIpc) is 3.07. The standard InChI is InChI=1S/C12H20ClN3O/c1-2-17-7-3-6-16-12(8-10-4-5-10)11(9-13)14-15-16/h10H,2-9H2,1H3. The molecule has 96 valence electrons. The van der Waals surface area contributed by atoms with Gasteiger partial charge in [0.05, 0.1) is 11.6 Å². The van der Waals surface area contributed by atoms with Gasteiger partial charge < -0.3 is 4.74 Å². The molecule has 1 aromatic rings. The first-order valence-electron chi connectivity index (χ1n) is 6.40. The van der Waals surface area contributed by atoms with E-state index in [1.807, 2.05) is 11.6 Å². The van der Waals surface area contributed by atoms with E-state index in [1.165, 1.54) is 18.5 Å². The maximum atomic E-state index is 5.89. The summed E-state index contributed by atoms with van der Waals surface area (Å²) < 4.78 is 7.34. The Morgan fingerprint density at radius 3 is 2.94 bits per heavy atom. The molecule has 1 saturated carbocycles. The van der Waals surface area contributed by atoms with Gasteiger partial charge >= 0.3 is 0 Å². The minimum absolute atomic E-state index is 0.466. The smallest absolute Gasteiger partial charge is 0.101 e. The third-order valence-electron chi connectivity index (χ3n) is 3.09. The van der Waals surface area contributed by atoms with Crippen LogP contribution in [0.1, 0.15) is 37.6 Å². The molecule has 0 aromatic carbocycles. The first kappa shape index (κ1) is 12.8. The van der Waals surface area contributed by atoms with Crippen LogP contribution in [0.15, 0.2) is 0 Å². The van der Waals surface area contributed by atoms with Crippen molar-refractivity contribution in [3.63, 3.8) is 0 Å². The number of nitrogens with zero attached hydrogens (tertiary/aromatic N) is 3. The number of hydrogen-bond acceptors (Lipinski definition) is 3. The third kappa shape index (κ3) is 3.68. The molecule has 1 heterocycles. The van der Waals surface area contributed by atoms with Gasteiger partial charge in [0.25, 0.3) is 0 Å². The summed E-state index contributed by atoms with van der Waals surface area (Å²) >= 11 is 5.89. The first-order chi connectivity index (χ1) is 8.35. The van der Waals surface area contributed by atoms with Crippen molar-refractivity contribution in [3.05, 3.63) is 11.4 Å². The van der Waals surface area contributed by atoms with Crippen LogP contribution in [0, 0.1) is 5.92 Å². The zero-order valence-corrected chi connectivity index (χ0v) is 11.1. The van der Waals surface area contributed by atoms with E-state index in [0.717, 1.165) is 44.2 Å². The molecular formula is C12H20ClN3O. The molecule has 0 saturated heterocycles. The molecule has 1 aliphatic rings. The van der Waals surface area contributed by atoms with Crippen LogP contribution < -0.4 is 0 Å². The van der Waals surface area contributed by atoms with Crippen molar-refractivity contribution >= 4 is 11.6 Å². The largest absolute Gasteiger partial charge is 0.382 e. The molecule has 1 aliphatic carbocycles. The summed E-state index contributed by atoms with van der Waals surface area (Å²) in [5, 5.41) is 8.35. The van der Waals surface area contributed by atoms with Crippen LogP contribution in [0.4, 0.5) is 0 Å². The molecular weight excluding hydrogens is 238 g/mol. The van der Waals surface area contributed by atoms with Crippen LogP contribution in [0.5, 0.6) is 0 Å². The van der Waals surface area contributed by atoms with Crippen molar-refractivity contribution in [2.24, 2.45) is 5.92 Å². The molecule has 0 N–H and O–H groups in total. The van der Waals surface area contributed by atoms with Gasteiger partial charge in [-0.05, 0) is 38.5 Å². The van der Waals surface area contributed by atoms with Crippen molar-refractivity contribution in [3.8, 4) is 0 Å². The van der Waals surface area contributed by atoms with E-state index >= 15 is 0 Å². The molecule has 1 fully saturated rings. The Balaban J connectivity index is 1.91. The van der Waals surface area contributed by atoms with E-state index in [-0.39, 0.29) is 0 Å². The second-order valence-corrected chi connectivity index (χ2v) is 4.80. The van der Waals surface area contributed by atoms with E-state index in [1.54, 1.807) is 0 Å². The molecule has 0 radical (unpaired) electrons. The van der Waals surface area contributed by atoms with Crippen molar-refractivity contribution in [1.29, 1.82) is 0 Å². The molecule has 1 aromatic heterocycles. The Labute approximate surface area is 107 Å². The normalized spacial score (nSPS) is 15.4. The maximum Gasteiger partial charge on any atom is 0.101 e. The summed E-state index contributed by atoms with van der Waals surface area (Å²) in [5.74, 6) is 1.30. The minimum Gasteiger partial charge on any atom is -0.382 e. The lowest BCUT2D eigenvalue weighted by molar-refractivity contribution is 0.140. The number of aryl methyl sites for hydroxylation is 1. The predicted octanol–water partition coefficient (Wildman–Crippen LogP) is 2.40. The first-order valence-corrected chi connectivity index (χ1v) is 6.93. The number of halogens is 1. The van der Waals surface area contributed by atoms with Gasteiger partial charge in [0.1, 0.15) is 5.69 Å². The summed E-state index contributed by atoms with van der Waals surface area (Å²) in [6.07, 6.45) is 4.75. The summed E-state index contributed by atoms with van der Waals surface area (Å²) in [4.78, 5) is 0. The van der Waals surface area contributed by atoms with Crippen LogP contribution in [0.25, 0.3) is 0 Å². The van der Waals surface area contributed by atoms with Gasteiger partial charge in [-0.3, -0.25) is 0 Å². The fourth-order valence-electron chi connectivity index (χ4n) is 1.93. The Kier molecular flexibility index (Phi) is 4.80. The number of alkyl halides is 1. The van der Waals surface area contributed by atoms with E-state index in [4.69, 9.17) is 16.3 Å². The van der Waals surface area contributed by atoms with Gasteiger partial charge in [0.2, 0.25) is 0 Å². The van der Waals surface area contributed by atoms with Crippen molar-refractivity contribution in [2.75, 3.05) is 13.2 Å². The highest BCUT2D eigenvalue weighted by Crippen LogP contribution is 2.33. The van der Waals surface area contributed by atoms with Crippen LogP contribution >= 0.6 is 11.6 Å². The Morgan fingerprint density at radius 2 is 2.29 bits per heavy atom. The lowest BCUT2D eigenvalue weighted by Gasteiger charge is -2.07.